The largest absolute Gasteiger partial charge is 0.460 e. The molecule has 6 heterocycles. The highest BCUT2D eigenvalue weighted by Crippen LogP contribution is 2.28. The molecular formula is C67H73Br3Cl2FN21O15. The Morgan fingerprint density at radius 1 is 0.431 bits per heavy atom. The van der Waals surface area contributed by atoms with E-state index in [0.717, 1.165) is 40.2 Å². The Kier molecular flexibility index (Phi) is 33.9. The number of rotatable bonds is 27. The van der Waals surface area contributed by atoms with Crippen LogP contribution in [0.15, 0.2) is 123 Å². The number of carbonyl (C=O) groups excluding carboxylic acids is 9. The van der Waals surface area contributed by atoms with Gasteiger partial charge in [0, 0.05) is 56.4 Å². The molecule has 6 amide bonds. The quantitative estimate of drug-likeness (QED) is 0.0206. The zero-order chi connectivity index (χ0) is 78.7. The van der Waals surface area contributed by atoms with Crippen molar-refractivity contribution in [2.45, 2.75) is 68.2 Å². The maximum atomic E-state index is 14.0. The first-order chi connectivity index (χ1) is 51.6. The molecule has 6 N–H and O–H groups in total. The summed E-state index contributed by atoms with van der Waals surface area (Å²) in [6.45, 7) is 4.23. The van der Waals surface area contributed by atoms with E-state index in [0.29, 0.717) is 43.7 Å². The lowest BCUT2D eigenvalue weighted by Crippen LogP contribution is -2.30. The summed E-state index contributed by atoms with van der Waals surface area (Å²) in [7, 11) is 9.23. The average molecular weight is 1740 g/mol. The minimum absolute atomic E-state index is 0. The molecule has 9 aromatic rings. The molecule has 0 saturated heterocycles. The minimum Gasteiger partial charge on any atom is -0.460 e. The van der Waals surface area contributed by atoms with Gasteiger partial charge in [0.2, 0.25) is 20.2 Å². The van der Waals surface area contributed by atoms with E-state index in [1.54, 1.807) is 94.8 Å². The Labute approximate surface area is 657 Å². The van der Waals surface area contributed by atoms with Crippen molar-refractivity contribution in [3.63, 3.8) is 0 Å². The van der Waals surface area contributed by atoms with Crippen LogP contribution in [0.25, 0.3) is 0 Å². The number of esters is 3. The van der Waals surface area contributed by atoms with Gasteiger partial charge in [0.25, 0.3) is 17.7 Å². The summed E-state index contributed by atoms with van der Waals surface area (Å²) in [6.07, 6.45) is 2.15. The highest BCUT2D eigenvalue weighted by atomic mass is 79.9. The number of nitrogens with zero attached hydrogens (tertiary/aromatic N) is 15. The molecule has 6 aromatic heterocycles. The van der Waals surface area contributed by atoms with Crippen molar-refractivity contribution < 1.29 is 76.0 Å². The second-order valence-corrected chi connectivity index (χ2v) is 25.3. The summed E-state index contributed by atoms with van der Waals surface area (Å²) in [4.78, 5) is 130. The molecule has 9 rings (SSSR count). The van der Waals surface area contributed by atoms with Crippen molar-refractivity contribution in [3.05, 3.63) is 190 Å². The van der Waals surface area contributed by atoms with Crippen LogP contribution >= 0.6 is 71.0 Å². The second kappa shape index (κ2) is 42.5. The number of aromatic nitrogens is 12. The minimum atomic E-state index is -0.794. The molecule has 0 saturated carbocycles. The number of halogens is 6. The van der Waals surface area contributed by atoms with E-state index in [1.807, 2.05) is 26.0 Å². The summed E-state index contributed by atoms with van der Waals surface area (Å²) in [5.74, 6) is -3.00. The fourth-order valence-electron chi connectivity index (χ4n) is 8.77. The number of ether oxygens (including phenoxy) is 6. The molecule has 0 radical (unpaired) electrons. The molecule has 42 heteroatoms. The average Bonchev–Trinajstić information content (AvgIpc) is 1.84. The fourth-order valence-corrected chi connectivity index (χ4v) is 10.7. The topological polar surface area (TPSA) is 422 Å². The predicted molar refractivity (Wildman–Crippen MR) is 406 cm³/mol. The Balaban J connectivity index is 0.000000254. The molecule has 109 heavy (non-hydrogen) atoms. The lowest BCUT2D eigenvalue weighted by molar-refractivity contribution is -0.144. The van der Waals surface area contributed by atoms with Gasteiger partial charge in [0.15, 0.2) is 30.9 Å². The zero-order valence-electron chi connectivity index (χ0n) is 58.9. The number of likely N-dealkylation sites (N-methyl/N-ethyl adjacent to an activating group) is 3. The van der Waals surface area contributed by atoms with Gasteiger partial charge in [-0.05, 0) is 161 Å². The third kappa shape index (κ3) is 25.9. The maximum absolute atomic E-state index is 14.0. The van der Waals surface area contributed by atoms with Gasteiger partial charge in [-0.3, -0.25) is 43.5 Å². The predicted octanol–water partition coefficient (Wildman–Crippen LogP) is 9.55. The first kappa shape index (κ1) is 86.9. The van der Waals surface area contributed by atoms with Crippen LogP contribution in [0, 0.1) is 26.6 Å². The molecule has 0 fully saturated rings. The van der Waals surface area contributed by atoms with Gasteiger partial charge in [-0.1, -0.05) is 67.0 Å². The Morgan fingerprint density at radius 2 is 0.716 bits per heavy atom. The number of hydrogen-bond acceptors (Lipinski definition) is 27. The van der Waals surface area contributed by atoms with Crippen LogP contribution in [0.2, 0.25) is 10.0 Å². The van der Waals surface area contributed by atoms with Crippen molar-refractivity contribution >= 4 is 159 Å². The molecule has 0 aliphatic heterocycles. The molecule has 3 aromatic carbocycles. The maximum Gasteiger partial charge on any atom is 0.417 e. The van der Waals surface area contributed by atoms with Gasteiger partial charge in [-0.15, -0.1) is 45.0 Å². The molecule has 36 nitrogen and oxygen atoms in total. The van der Waals surface area contributed by atoms with Crippen LogP contribution in [0.3, 0.4) is 0 Å². The normalized spacial score (nSPS) is 10.5. The van der Waals surface area contributed by atoms with Crippen LogP contribution in [0.4, 0.5) is 53.3 Å². The number of amides is 6. The van der Waals surface area contributed by atoms with Crippen molar-refractivity contribution in [1.82, 2.24) is 75.9 Å². The Morgan fingerprint density at radius 3 is 1.00 bits per heavy atom. The van der Waals surface area contributed by atoms with Gasteiger partial charge in [0.1, 0.15) is 43.1 Å². The highest BCUT2D eigenvalue weighted by Gasteiger charge is 2.26. The molecule has 0 spiro atoms. The van der Waals surface area contributed by atoms with E-state index in [-0.39, 0.29) is 114 Å². The summed E-state index contributed by atoms with van der Waals surface area (Å²) < 4.78 is 45.6. The third-order valence-corrected chi connectivity index (χ3v) is 16.3. The first-order valence-corrected chi connectivity index (χ1v) is 34.7. The molecule has 0 atom stereocenters. The smallest absolute Gasteiger partial charge is 0.417 e. The molecule has 578 valence electrons. The summed E-state index contributed by atoms with van der Waals surface area (Å²) in [5, 5.41) is 40.8. The first-order valence-electron chi connectivity index (χ1n) is 31.6. The van der Waals surface area contributed by atoms with Crippen LogP contribution in [0.1, 0.15) is 72.3 Å². The number of carbonyl (C=O) groups is 9. The lowest BCUT2D eigenvalue weighted by Gasteiger charge is -2.18. The number of hydrogen-bond donors (Lipinski definition) is 6. The van der Waals surface area contributed by atoms with E-state index < -0.39 is 66.5 Å². The highest BCUT2D eigenvalue weighted by molar-refractivity contribution is 9.11. The number of nitrogens with one attached hydrogen (secondary N) is 6. The van der Waals surface area contributed by atoms with Gasteiger partial charge < -0.3 is 60.3 Å². The second-order valence-electron chi connectivity index (χ2n) is 22.3. The van der Waals surface area contributed by atoms with Crippen LogP contribution in [-0.2, 0) is 82.8 Å². The van der Waals surface area contributed by atoms with Crippen molar-refractivity contribution in [3.8, 4) is 0 Å². The van der Waals surface area contributed by atoms with E-state index >= 15 is 0 Å². The molecular weight excluding hydrogens is 1670 g/mol. The van der Waals surface area contributed by atoms with Crippen molar-refractivity contribution in [2.24, 2.45) is 0 Å². The lowest BCUT2D eigenvalue weighted by atomic mass is 10.2. The van der Waals surface area contributed by atoms with Gasteiger partial charge in [-0.2, -0.15) is 0 Å². The van der Waals surface area contributed by atoms with Crippen LogP contribution in [0.5, 0.6) is 0 Å². The summed E-state index contributed by atoms with van der Waals surface area (Å²) in [5.41, 5.74) is 4.77. The molecule has 0 aliphatic carbocycles. The van der Waals surface area contributed by atoms with E-state index in [9.17, 15) is 47.5 Å². The molecule has 0 aliphatic rings. The van der Waals surface area contributed by atoms with E-state index in [4.69, 9.17) is 51.6 Å². The van der Waals surface area contributed by atoms with E-state index in [1.165, 1.54) is 51.9 Å². The SMILES string of the molecule is C.CNCC(=O)OCc1cccnc1N(C)C(=O)OCn1nc(Br)c(C(=O)Nc2ccc(C)cc2Cl)n1.CNCC(=O)OCc1cccnc1N(C)C(=O)OCn1nc(Br)c(C(=O)Nc2ccc(C)cc2Cl)n1.CNCC(=O)OCc1cccnc1N(C)C(=O)OCn1nc(Br)c(C(=O)Nc2ccc(C)cc2F)n1. The van der Waals surface area contributed by atoms with Crippen molar-refractivity contribution in [2.75, 3.05) is 92.6 Å². The van der Waals surface area contributed by atoms with Gasteiger partial charge in [0.05, 0.1) is 46.7 Å². The van der Waals surface area contributed by atoms with E-state index in [2.05, 4.69) is 125 Å². The van der Waals surface area contributed by atoms with Crippen LogP contribution in [-0.4, -0.2) is 176 Å². The zero-order valence-corrected chi connectivity index (χ0v) is 65.1. The van der Waals surface area contributed by atoms with Crippen LogP contribution < -0.4 is 46.6 Å². The summed E-state index contributed by atoms with van der Waals surface area (Å²) >= 11 is 21.8. The number of aryl methyl sites for hydroxylation is 3. The third-order valence-electron chi connectivity index (χ3n) is 14.0. The fraction of sp³-hybridized carbons (Fsp3) is 0.284. The van der Waals surface area contributed by atoms with Crippen molar-refractivity contribution in [1.29, 1.82) is 0 Å². The monoisotopic (exact) mass is 1740 g/mol. The molecule has 0 unspecified atom stereocenters. The number of benzene rings is 3. The van der Waals surface area contributed by atoms with Gasteiger partial charge >= 0.3 is 36.2 Å². The standard InChI is InChI=1S/2C22H23BrClN7O5.C22H23BrFN7O5.CH4/c3*1-13-6-7-16(15(24)9-13)27-21(33)18-19(23)29-31(28-18)12-36-22(34)30(3)20-14(5-4-8-26-20)11-35-17(32)10-25-2;/h3*4-9,25H,10-12H2,1-3H3,(H,27,33);1H4. The summed E-state index contributed by atoms with van der Waals surface area (Å²) in [6, 6.07) is 24.8. The number of pyridine rings is 3. The number of anilines is 6. The molecule has 0 bridgehead atoms. The van der Waals surface area contributed by atoms with Gasteiger partial charge in [-0.25, -0.2) is 33.7 Å². The Bertz CT molecular complexity index is 4270. The Hall–Kier alpha value is -11.0.